The Hall–Kier alpha value is -0.840. The fourth-order valence-electron chi connectivity index (χ4n) is 2.16. The van der Waals surface area contributed by atoms with Crippen LogP contribution in [-0.2, 0) is 0 Å². The number of hydrogen-bond acceptors (Lipinski definition) is 2. The molecule has 1 atom stereocenters. The molecule has 0 saturated carbocycles. The Kier molecular flexibility index (Phi) is 6.04. The van der Waals surface area contributed by atoms with Gasteiger partial charge in [-0.3, -0.25) is 4.79 Å². The molecule has 1 amide bonds. The van der Waals surface area contributed by atoms with Gasteiger partial charge in [-0.25, -0.2) is 4.39 Å². The summed E-state index contributed by atoms with van der Waals surface area (Å²) in [5.74, 6) is -0.624. The lowest BCUT2D eigenvalue weighted by atomic mass is 10.1. The van der Waals surface area contributed by atoms with Crippen LogP contribution < -0.4 is 5.32 Å². The van der Waals surface area contributed by atoms with E-state index in [1.54, 1.807) is 11.9 Å². The van der Waals surface area contributed by atoms with Gasteiger partial charge in [-0.05, 0) is 37.6 Å². The molecule has 1 saturated heterocycles. The van der Waals surface area contributed by atoms with E-state index in [4.69, 9.17) is 11.6 Å². The monoisotopic (exact) mass is 306 g/mol. The lowest BCUT2D eigenvalue weighted by Gasteiger charge is -2.31. The van der Waals surface area contributed by atoms with Crippen molar-refractivity contribution in [3.63, 3.8) is 0 Å². The summed E-state index contributed by atoms with van der Waals surface area (Å²) in [5, 5.41) is 3.25. The van der Waals surface area contributed by atoms with Gasteiger partial charge < -0.3 is 10.2 Å². The van der Waals surface area contributed by atoms with Crippen molar-refractivity contribution in [1.82, 2.24) is 10.2 Å². The van der Waals surface area contributed by atoms with Crippen molar-refractivity contribution in [3.05, 3.63) is 34.6 Å². The van der Waals surface area contributed by atoms with Gasteiger partial charge in [0.15, 0.2) is 0 Å². The summed E-state index contributed by atoms with van der Waals surface area (Å²) < 4.78 is 13.1. The zero-order valence-corrected chi connectivity index (χ0v) is 12.2. The van der Waals surface area contributed by atoms with Crippen LogP contribution in [0.25, 0.3) is 0 Å². The highest BCUT2D eigenvalue weighted by atomic mass is 35.5. The highest BCUT2D eigenvalue weighted by Crippen LogP contribution is 2.18. The molecule has 1 N–H and O–H groups in total. The molecule has 1 heterocycles. The number of nitrogens with zero attached hydrogens (tertiary/aromatic N) is 1. The third kappa shape index (κ3) is 3.81. The summed E-state index contributed by atoms with van der Waals surface area (Å²) in [5.41, 5.74) is 0.425. The number of carbonyl (C=O) groups excluding carboxylic acids is 1. The van der Waals surface area contributed by atoms with Gasteiger partial charge in [0.05, 0.1) is 5.02 Å². The molecule has 0 aromatic heterocycles. The predicted molar refractivity (Wildman–Crippen MR) is 76.6 cm³/mol. The second-order valence-corrected chi connectivity index (χ2v) is 4.95. The summed E-state index contributed by atoms with van der Waals surface area (Å²) in [7, 11) is 1.78. The molecule has 1 fully saturated rings. The zero-order chi connectivity index (χ0) is 13.1. The van der Waals surface area contributed by atoms with Crippen molar-refractivity contribution in [1.29, 1.82) is 0 Å². The molecule has 0 spiro atoms. The Labute approximate surface area is 123 Å². The highest BCUT2D eigenvalue weighted by molar-refractivity contribution is 6.31. The van der Waals surface area contributed by atoms with Crippen LogP contribution in [0.3, 0.4) is 0 Å². The molecule has 0 aliphatic carbocycles. The van der Waals surface area contributed by atoms with Crippen LogP contribution in [0.15, 0.2) is 18.2 Å². The van der Waals surface area contributed by atoms with E-state index in [9.17, 15) is 9.18 Å². The molecule has 1 aromatic rings. The van der Waals surface area contributed by atoms with Gasteiger partial charge in [-0.1, -0.05) is 11.6 Å². The third-order valence-corrected chi connectivity index (χ3v) is 3.60. The number of benzene rings is 1. The summed E-state index contributed by atoms with van der Waals surface area (Å²) in [6.45, 7) is 1.80. The van der Waals surface area contributed by atoms with Gasteiger partial charge >= 0.3 is 0 Å². The number of piperidine rings is 1. The van der Waals surface area contributed by atoms with Crippen LogP contribution in [0, 0.1) is 5.82 Å². The Morgan fingerprint density at radius 1 is 1.53 bits per heavy atom. The van der Waals surface area contributed by atoms with E-state index in [0.717, 1.165) is 25.9 Å². The molecule has 3 nitrogen and oxygen atoms in total. The summed E-state index contributed by atoms with van der Waals surface area (Å²) in [4.78, 5) is 13.9. The van der Waals surface area contributed by atoms with E-state index < -0.39 is 5.82 Å². The number of rotatable bonds is 2. The Morgan fingerprint density at radius 2 is 2.26 bits per heavy atom. The number of carbonyl (C=O) groups is 1. The molecule has 0 bridgehead atoms. The van der Waals surface area contributed by atoms with Gasteiger partial charge in [0, 0.05) is 25.2 Å². The van der Waals surface area contributed by atoms with Crippen molar-refractivity contribution in [3.8, 4) is 0 Å². The van der Waals surface area contributed by atoms with Crippen molar-refractivity contribution < 1.29 is 9.18 Å². The molecule has 2 rings (SSSR count). The van der Waals surface area contributed by atoms with Gasteiger partial charge in [-0.2, -0.15) is 0 Å². The maximum atomic E-state index is 13.1. The zero-order valence-electron chi connectivity index (χ0n) is 10.7. The minimum atomic E-state index is -0.504. The van der Waals surface area contributed by atoms with Crippen LogP contribution in [0.2, 0.25) is 5.02 Å². The molecule has 1 aliphatic rings. The molecule has 0 radical (unpaired) electrons. The summed E-state index contributed by atoms with van der Waals surface area (Å²) in [6.07, 6.45) is 2.05. The fraction of sp³-hybridized carbons (Fsp3) is 0.462. The average Bonchev–Trinajstić information content (AvgIpc) is 2.41. The molecule has 106 valence electrons. The molecular weight excluding hydrogens is 290 g/mol. The van der Waals surface area contributed by atoms with Crippen molar-refractivity contribution >= 4 is 29.9 Å². The van der Waals surface area contributed by atoms with Gasteiger partial charge in [-0.15, -0.1) is 12.4 Å². The lowest BCUT2D eigenvalue weighted by Crippen LogP contribution is -2.46. The molecule has 1 aliphatic heterocycles. The minimum Gasteiger partial charge on any atom is -0.337 e. The first-order valence-electron chi connectivity index (χ1n) is 6.02. The van der Waals surface area contributed by atoms with Gasteiger partial charge in [0.1, 0.15) is 5.82 Å². The molecule has 19 heavy (non-hydrogen) atoms. The van der Waals surface area contributed by atoms with E-state index in [-0.39, 0.29) is 29.4 Å². The van der Waals surface area contributed by atoms with Crippen molar-refractivity contribution in [2.75, 3.05) is 20.1 Å². The topological polar surface area (TPSA) is 32.3 Å². The minimum absolute atomic E-state index is 0. The van der Waals surface area contributed by atoms with E-state index in [1.807, 2.05) is 0 Å². The first kappa shape index (κ1) is 16.2. The summed E-state index contributed by atoms with van der Waals surface area (Å²) in [6, 6.07) is 4.26. The van der Waals surface area contributed by atoms with Gasteiger partial charge in [0.25, 0.3) is 5.91 Å². The SMILES string of the molecule is CN(C(=O)c1ccc(F)c(Cl)c1)[C@H]1CCCNC1.Cl. The maximum Gasteiger partial charge on any atom is 0.253 e. The first-order chi connectivity index (χ1) is 8.59. The number of halogens is 3. The standard InChI is InChI=1S/C13H16ClFN2O.ClH/c1-17(10-3-2-6-16-8-10)13(18)9-4-5-12(15)11(14)7-9;/h4-5,7,10,16H,2-3,6,8H2,1H3;1H/t10-;/m0./s1. The summed E-state index contributed by atoms with van der Waals surface area (Å²) >= 11 is 5.69. The highest BCUT2D eigenvalue weighted by Gasteiger charge is 2.23. The van der Waals surface area contributed by atoms with Crippen molar-refractivity contribution in [2.24, 2.45) is 0 Å². The molecule has 0 unspecified atom stereocenters. The second-order valence-electron chi connectivity index (χ2n) is 4.55. The predicted octanol–water partition coefficient (Wildman–Crippen LogP) is 2.72. The van der Waals surface area contributed by atoms with E-state index in [0.29, 0.717) is 5.56 Å². The number of likely N-dealkylation sites (N-methyl/N-ethyl adjacent to an activating group) is 1. The average molecular weight is 307 g/mol. The maximum absolute atomic E-state index is 13.1. The Bertz CT molecular complexity index is 450. The van der Waals surface area contributed by atoms with Crippen LogP contribution in [0.1, 0.15) is 23.2 Å². The van der Waals surface area contributed by atoms with Crippen LogP contribution in [-0.4, -0.2) is 37.0 Å². The number of hydrogen-bond donors (Lipinski definition) is 1. The largest absolute Gasteiger partial charge is 0.337 e. The second kappa shape index (κ2) is 7.08. The number of nitrogens with one attached hydrogen (secondary N) is 1. The first-order valence-corrected chi connectivity index (χ1v) is 6.40. The number of amides is 1. The van der Waals surface area contributed by atoms with Crippen LogP contribution in [0.5, 0.6) is 0 Å². The van der Waals surface area contributed by atoms with Crippen LogP contribution >= 0.6 is 24.0 Å². The molecular formula is C13H17Cl2FN2O. The Morgan fingerprint density at radius 3 is 2.84 bits per heavy atom. The lowest BCUT2D eigenvalue weighted by molar-refractivity contribution is 0.0708. The van der Waals surface area contributed by atoms with Crippen molar-refractivity contribution in [2.45, 2.75) is 18.9 Å². The van der Waals surface area contributed by atoms with E-state index >= 15 is 0 Å². The molecule has 1 aromatic carbocycles. The quantitative estimate of drug-likeness (QED) is 0.911. The van der Waals surface area contributed by atoms with Gasteiger partial charge in [0.2, 0.25) is 0 Å². The smallest absolute Gasteiger partial charge is 0.253 e. The fourth-order valence-corrected chi connectivity index (χ4v) is 2.34. The molecule has 6 heteroatoms. The third-order valence-electron chi connectivity index (χ3n) is 3.31. The van der Waals surface area contributed by atoms with E-state index in [1.165, 1.54) is 18.2 Å². The Balaban J connectivity index is 0.00000180. The van der Waals surface area contributed by atoms with E-state index in [2.05, 4.69) is 5.32 Å². The van der Waals surface area contributed by atoms with Crippen LogP contribution in [0.4, 0.5) is 4.39 Å². The normalized spacial score (nSPS) is 18.6.